The van der Waals surface area contributed by atoms with Crippen LogP contribution in [0.15, 0.2) is 78.0 Å². The van der Waals surface area contributed by atoms with Gasteiger partial charge in [0.2, 0.25) is 10.0 Å². The molecule has 0 atom stereocenters. The van der Waals surface area contributed by atoms with Gasteiger partial charge < -0.3 is 5.32 Å². The number of carbonyl (C=O) groups is 1. The zero-order chi connectivity index (χ0) is 19.3. The summed E-state index contributed by atoms with van der Waals surface area (Å²) in [5.41, 5.74) is 1.04. The molecule has 0 bridgehead atoms. The highest BCUT2D eigenvalue weighted by atomic mass is 32.2. The second kappa shape index (κ2) is 8.07. The SMILES string of the molecule is O=C(Nc1ccccc1F)c1ccc(S(=O)(=O)NCc2ccncc2)cc1. The quantitative estimate of drug-likeness (QED) is 0.683. The van der Waals surface area contributed by atoms with Gasteiger partial charge in [-0.1, -0.05) is 12.1 Å². The highest BCUT2D eigenvalue weighted by molar-refractivity contribution is 7.89. The first kappa shape index (κ1) is 18.7. The first-order valence-electron chi connectivity index (χ1n) is 8.00. The van der Waals surface area contributed by atoms with Gasteiger partial charge >= 0.3 is 0 Å². The minimum absolute atomic E-state index is 0.0268. The smallest absolute Gasteiger partial charge is 0.255 e. The molecule has 0 spiro atoms. The first-order valence-corrected chi connectivity index (χ1v) is 9.48. The van der Waals surface area contributed by atoms with Gasteiger partial charge in [0.15, 0.2) is 0 Å². The van der Waals surface area contributed by atoms with Crippen molar-refractivity contribution in [1.82, 2.24) is 9.71 Å². The van der Waals surface area contributed by atoms with Crippen molar-refractivity contribution in [2.75, 3.05) is 5.32 Å². The van der Waals surface area contributed by atoms with Crippen LogP contribution in [-0.4, -0.2) is 19.3 Å². The van der Waals surface area contributed by atoms with Crippen molar-refractivity contribution in [2.45, 2.75) is 11.4 Å². The van der Waals surface area contributed by atoms with Crippen molar-refractivity contribution in [2.24, 2.45) is 0 Å². The Kier molecular flexibility index (Phi) is 5.58. The average molecular weight is 385 g/mol. The molecule has 27 heavy (non-hydrogen) atoms. The zero-order valence-corrected chi connectivity index (χ0v) is 14.9. The van der Waals surface area contributed by atoms with Crippen LogP contribution in [0.3, 0.4) is 0 Å². The number of nitrogens with one attached hydrogen (secondary N) is 2. The predicted octanol–water partition coefficient (Wildman–Crippen LogP) is 2.95. The van der Waals surface area contributed by atoms with Crippen molar-refractivity contribution >= 4 is 21.6 Å². The van der Waals surface area contributed by atoms with E-state index in [-0.39, 0.29) is 22.7 Å². The Balaban J connectivity index is 1.68. The Hall–Kier alpha value is -3.10. The number of nitrogens with zero attached hydrogens (tertiary/aromatic N) is 1. The molecule has 3 aromatic rings. The highest BCUT2D eigenvalue weighted by Crippen LogP contribution is 2.16. The fourth-order valence-electron chi connectivity index (χ4n) is 2.30. The van der Waals surface area contributed by atoms with Gasteiger partial charge in [-0.05, 0) is 54.1 Å². The summed E-state index contributed by atoms with van der Waals surface area (Å²) in [6, 6.07) is 14.6. The molecule has 0 aliphatic carbocycles. The number of benzene rings is 2. The van der Waals surface area contributed by atoms with Gasteiger partial charge in [0.25, 0.3) is 5.91 Å². The molecule has 1 aromatic heterocycles. The summed E-state index contributed by atoms with van der Waals surface area (Å²) < 4.78 is 40.8. The largest absolute Gasteiger partial charge is 0.319 e. The second-order valence-electron chi connectivity index (χ2n) is 5.64. The van der Waals surface area contributed by atoms with Gasteiger partial charge in [0.05, 0.1) is 10.6 Å². The number of anilines is 1. The second-order valence-corrected chi connectivity index (χ2v) is 7.41. The molecule has 0 fully saturated rings. The van der Waals surface area contributed by atoms with Gasteiger partial charge in [-0.25, -0.2) is 17.5 Å². The Bertz CT molecular complexity index is 1040. The lowest BCUT2D eigenvalue weighted by molar-refractivity contribution is 0.102. The van der Waals surface area contributed by atoms with Crippen LogP contribution in [0.1, 0.15) is 15.9 Å². The topological polar surface area (TPSA) is 88.2 Å². The summed E-state index contributed by atoms with van der Waals surface area (Å²) in [6.45, 7) is 0.125. The fraction of sp³-hybridized carbons (Fsp3) is 0.0526. The Morgan fingerprint density at radius 2 is 1.63 bits per heavy atom. The first-order chi connectivity index (χ1) is 13.0. The van der Waals surface area contributed by atoms with Crippen molar-refractivity contribution in [3.8, 4) is 0 Å². The molecule has 0 unspecified atom stereocenters. The van der Waals surface area contributed by atoms with E-state index in [1.807, 2.05) is 0 Å². The Morgan fingerprint density at radius 1 is 0.963 bits per heavy atom. The lowest BCUT2D eigenvalue weighted by Gasteiger charge is -2.09. The van der Waals surface area contributed by atoms with Crippen molar-refractivity contribution in [3.05, 3.63) is 90.0 Å². The maximum atomic E-state index is 13.6. The van der Waals surface area contributed by atoms with Crippen LogP contribution in [0.25, 0.3) is 0 Å². The van der Waals surface area contributed by atoms with E-state index < -0.39 is 21.7 Å². The van der Waals surface area contributed by atoms with Crippen LogP contribution < -0.4 is 10.0 Å². The molecule has 0 saturated heterocycles. The molecule has 0 radical (unpaired) electrons. The maximum absolute atomic E-state index is 13.6. The number of halogens is 1. The van der Waals surface area contributed by atoms with E-state index >= 15 is 0 Å². The van der Waals surface area contributed by atoms with Crippen LogP contribution in [0, 0.1) is 5.82 Å². The number of amides is 1. The van der Waals surface area contributed by atoms with E-state index in [0.717, 1.165) is 5.56 Å². The molecular formula is C19H16FN3O3S. The van der Waals surface area contributed by atoms with E-state index in [1.54, 1.807) is 30.6 Å². The summed E-state index contributed by atoms with van der Waals surface area (Å²) in [7, 11) is -3.73. The third-order valence-electron chi connectivity index (χ3n) is 3.76. The van der Waals surface area contributed by atoms with Crippen LogP contribution >= 0.6 is 0 Å². The van der Waals surface area contributed by atoms with Crippen LogP contribution in [0.2, 0.25) is 0 Å². The lowest BCUT2D eigenvalue weighted by atomic mass is 10.2. The number of carbonyl (C=O) groups excluding carboxylic acids is 1. The van der Waals surface area contributed by atoms with Gasteiger partial charge in [0, 0.05) is 24.5 Å². The number of aromatic nitrogens is 1. The number of hydrogen-bond acceptors (Lipinski definition) is 4. The molecule has 1 heterocycles. The van der Waals surface area contributed by atoms with Crippen LogP contribution in [0.4, 0.5) is 10.1 Å². The summed E-state index contributed by atoms with van der Waals surface area (Å²) in [5.74, 6) is -1.08. The molecule has 1 amide bonds. The van der Waals surface area contributed by atoms with Crippen molar-refractivity contribution < 1.29 is 17.6 Å². The lowest BCUT2D eigenvalue weighted by Crippen LogP contribution is -2.23. The third kappa shape index (κ3) is 4.75. The third-order valence-corrected chi connectivity index (χ3v) is 5.18. The van der Waals surface area contributed by atoms with E-state index in [4.69, 9.17) is 0 Å². The molecule has 6 nitrogen and oxygen atoms in total. The van der Waals surface area contributed by atoms with Gasteiger partial charge in [-0.3, -0.25) is 9.78 Å². The summed E-state index contributed by atoms with van der Waals surface area (Å²) in [5, 5.41) is 2.45. The van der Waals surface area contributed by atoms with E-state index in [9.17, 15) is 17.6 Å². The molecular weight excluding hydrogens is 369 g/mol. The van der Waals surface area contributed by atoms with Crippen molar-refractivity contribution in [3.63, 3.8) is 0 Å². The molecule has 3 rings (SSSR count). The van der Waals surface area contributed by atoms with Crippen molar-refractivity contribution in [1.29, 1.82) is 0 Å². The molecule has 0 aliphatic rings. The van der Waals surface area contributed by atoms with E-state index in [1.165, 1.54) is 42.5 Å². The van der Waals surface area contributed by atoms with E-state index in [0.29, 0.717) is 0 Å². The molecule has 0 saturated carbocycles. The zero-order valence-electron chi connectivity index (χ0n) is 14.1. The van der Waals surface area contributed by atoms with E-state index in [2.05, 4.69) is 15.0 Å². The van der Waals surface area contributed by atoms with Gasteiger partial charge in [-0.15, -0.1) is 0 Å². The van der Waals surface area contributed by atoms with Gasteiger partial charge in [-0.2, -0.15) is 0 Å². The summed E-state index contributed by atoms with van der Waals surface area (Å²) >= 11 is 0. The minimum Gasteiger partial charge on any atom is -0.319 e. The summed E-state index contributed by atoms with van der Waals surface area (Å²) in [6.07, 6.45) is 3.15. The standard InChI is InChI=1S/C19H16FN3O3S/c20-17-3-1-2-4-18(17)23-19(24)15-5-7-16(8-6-15)27(25,26)22-13-14-9-11-21-12-10-14/h1-12,22H,13H2,(H,23,24). The molecule has 138 valence electrons. The minimum atomic E-state index is -3.73. The van der Waals surface area contributed by atoms with Crippen LogP contribution in [-0.2, 0) is 16.6 Å². The number of para-hydroxylation sites is 1. The number of sulfonamides is 1. The molecule has 2 aromatic carbocycles. The number of hydrogen-bond donors (Lipinski definition) is 2. The Morgan fingerprint density at radius 3 is 2.30 bits per heavy atom. The molecule has 0 aliphatic heterocycles. The normalized spacial score (nSPS) is 11.1. The molecule has 8 heteroatoms. The predicted molar refractivity (Wildman–Crippen MR) is 99.1 cm³/mol. The number of rotatable bonds is 6. The molecule has 2 N–H and O–H groups in total. The monoisotopic (exact) mass is 385 g/mol. The fourth-order valence-corrected chi connectivity index (χ4v) is 3.32. The van der Waals surface area contributed by atoms with Crippen LogP contribution in [0.5, 0.6) is 0 Å². The number of pyridine rings is 1. The summed E-state index contributed by atoms with van der Waals surface area (Å²) in [4.78, 5) is 16.1. The van der Waals surface area contributed by atoms with Gasteiger partial charge in [0.1, 0.15) is 5.82 Å². The average Bonchev–Trinajstić information content (AvgIpc) is 2.69. The Labute approximate surface area is 156 Å². The maximum Gasteiger partial charge on any atom is 0.255 e. The highest BCUT2D eigenvalue weighted by Gasteiger charge is 2.15.